The molecule has 4 N–H and O–H groups in total. The van der Waals surface area contributed by atoms with Crippen molar-refractivity contribution in [2.75, 3.05) is 26.4 Å². The number of hydrogen-bond donors (Lipinski definition) is 4. The van der Waals surface area contributed by atoms with Crippen molar-refractivity contribution < 1.29 is 29.6 Å². The van der Waals surface area contributed by atoms with Gasteiger partial charge in [0.05, 0.1) is 12.7 Å². The second-order valence-corrected chi connectivity index (χ2v) is 7.75. The number of hydrogen-bond acceptors (Lipinski definition) is 7. The highest BCUT2D eigenvalue weighted by Crippen LogP contribution is 2.27. The van der Waals surface area contributed by atoms with Gasteiger partial charge in [0.1, 0.15) is 11.5 Å². The lowest BCUT2D eigenvalue weighted by Crippen LogP contribution is -2.37. The zero-order valence-corrected chi connectivity index (χ0v) is 17.8. The van der Waals surface area contributed by atoms with E-state index in [-0.39, 0.29) is 31.0 Å². The van der Waals surface area contributed by atoms with Gasteiger partial charge in [-0.05, 0) is 79.1 Å². The van der Waals surface area contributed by atoms with Crippen molar-refractivity contribution in [1.82, 2.24) is 5.32 Å². The number of phenols is 1. The molecule has 1 aliphatic carbocycles. The minimum atomic E-state index is -0.710. The molecule has 7 heteroatoms. The van der Waals surface area contributed by atoms with Gasteiger partial charge in [0, 0.05) is 19.2 Å². The Morgan fingerprint density at radius 1 is 1.23 bits per heavy atom. The van der Waals surface area contributed by atoms with E-state index in [1.54, 1.807) is 25.1 Å². The molecule has 7 nitrogen and oxygen atoms in total. The fourth-order valence-corrected chi connectivity index (χ4v) is 3.87. The van der Waals surface area contributed by atoms with E-state index in [9.17, 15) is 15.0 Å². The number of carbonyl (C=O) groups is 1. The van der Waals surface area contributed by atoms with Crippen molar-refractivity contribution in [3.63, 3.8) is 0 Å². The lowest BCUT2D eigenvalue weighted by Gasteiger charge is -2.27. The average Bonchev–Trinajstić information content (AvgIpc) is 2.77. The summed E-state index contributed by atoms with van der Waals surface area (Å²) < 4.78 is 10.4. The zero-order valence-electron chi connectivity index (χ0n) is 17.8. The number of aliphatic hydroxyl groups excluding tert-OH is 2. The van der Waals surface area contributed by atoms with E-state index in [1.807, 2.05) is 18.2 Å². The predicted octanol–water partition coefficient (Wildman–Crippen LogP) is 2.05. The molecule has 0 bridgehead atoms. The summed E-state index contributed by atoms with van der Waals surface area (Å²) in [6.45, 7) is 2.32. The Kier molecular flexibility index (Phi) is 8.28. The Morgan fingerprint density at radius 3 is 2.84 bits per heavy atom. The Bertz CT molecular complexity index is 884. The summed E-state index contributed by atoms with van der Waals surface area (Å²) in [6.07, 6.45) is 2.35. The van der Waals surface area contributed by atoms with E-state index in [2.05, 4.69) is 5.32 Å². The second kappa shape index (κ2) is 11.1. The van der Waals surface area contributed by atoms with Gasteiger partial charge in [-0.1, -0.05) is 12.1 Å². The van der Waals surface area contributed by atoms with Crippen molar-refractivity contribution >= 4 is 5.97 Å². The van der Waals surface area contributed by atoms with E-state index in [0.717, 1.165) is 19.3 Å². The summed E-state index contributed by atoms with van der Waals surface area (Å²) in [6, 6.07) is 11.1. The summed E-state index contributed by atoms with van der Waals surface area (Å²) in [5.74, 6) is 0.390. The summed E-state index contributed by atoms with van der Waals surface area (Å²) in [5, 5.41) is 33.0. The minimum Gasteiger partial charge on any atom is -0.508 e. The second-order valence-electron chi connectivity index (χ2n) is 7.75. The van der Waals surface area contributed by atoms with E-state index in [4.69, 9.17) is 14.6 Å². The molecule has 0 heterocycles. The Balaban J connectivity index is 1.55. The van der Waals surface area contributed by atoms with Crippen LogP contribution in [0.3, 0.4) is 0 Å². The van der Waals surface area contributed by atoms with Crippen molar-refractivity contribution in [3.8, 4) is 11.5 Å². The SMILES string of the molecule is CCOC(=O)COc1ccc2c(c1)C[C@@H](NC[C@@H](O)c1ccc(O)c(CCO)c1)CC2. The Morgan fingerprint density at radius 2 is 2.06 bits per heavy atom. The van der Waals surface area contributed by atoms with Gasteiger partial charge in [0.25, 0.3) is 0 Å². The first-order valence-corrected chi connectivity index (χ1v) is 10.7. The highest BCUT2D eigenvalue weighted by atomic mass is 16.6. The lowest BCUT2D eigenvalue weighted by molar-refractivity contribution is -0.145. The van der Waals surface area contributed by atoms with Crippen LogP contribution in [0.2, 0.25) is 0 Å². The third kappa shape index (κ3) is 6.43. The molecule has 0 saturated heterocycles. The Labute approximate surface area is 182 Å². The summed E-state index contributed by atoms with van der Waals surface area (Å²) >= 11 is 0. The van der Waals surface area contributed by atoms with Crippen molar-refractivity contribution in [2.24, 2.45) is 0 Å². The van der Waals surface area contributed by atoms with Crippen LogP contribution in [0, 0.1) is 0 Å². The van der Waals surface area contributed by atoms with Gasteiger partial charge in [-0.25, -0.2) is 4.79 Å². The normalized spacial score (nSPS) is 16.4. The summed E-state index contributed by atoms with van der Waals surface area (Å²) in [7, 11) is 0. The maximum Gasteiger partial charge on any atom is 0.344 e. The standard InChI is InChI=1S/C24H31NO6/c1-2-30-24(29)15-31-21-7-4-16-3-6-20(12-19(16)13-21)25-14-23(28)17-5-8-22(27)18(11-17)9-10-26/h4-5,7-8,11,13,20,23,25-28H,2-3,6,9-10,12,14-15H2,1H3/t20-,23+/m0/s1. The molecule has 168 valence electrons. The molecule has 2 aromatic carbocycles. The molecule has 0 unspecified atom stereocenters. The van der Waals surface area contributed by atoms with Crippen LogP contribution in [0.5, 0.6) is 11.5 Å². The molecular weight excluding hydrogens is 398 g/mol. The van der Waals surface area contributed by atoms with E-state index < -0.39 is 6.10 Å². The molecule has 31 heavy (non-hydrogen) atoms. The lowest BCUT2D eigenvalue weighted by atomic mass is 9.88. The van der Waals surface area contributed by atoms with Crippen molar-refractivity contribution in [1.29, 1.82) is 0 Å². The summed E-state index contributed by atoms with van der Waals surface area (Å²) in [4.78, 5) is 11.5. The molecule has 0 fully saturated rings. The van der Waals surface area contributed by atoms with Crippen LogP contribution >= 0.6 is 0 Å². The molecule has 0 saturated carbocycles. The van der Waals surface area contributed by atoms with Crippen molar-refractivity contribution in [2.45, 2.75) is 44.8 Å². The van der Waals surface area contributed by atoms with Gasteiger partial charge in [0.15, 0.2) is 6.61 Å². The molecule has 0 aliphatic heterocycles. The maximum atomic E-state index is 11.5. The fraction of sp³-hybridized carbons (Fsp3) is 0.458. The monoisotopic (exact) mass is 429 g/mol. The van der Waals surface area contributed by atoms with Crippen LogP contribution in [0.15, 0.2) is 36.4 Å². The van der Waals surface area contributed by atoms with Crippen LogP contribution < -0.4 is 10.1 Å². The quantitative estimate of drug-likeness (QED) is 0.428. The maximum absolute atomic E-state index is 11.5. The van der Waals surface area contributed by atoms with Gasteiger partial charge in [-0.15, -0.1) is 0 Å². The third-order valence-corrected chi connectivity index (χ3v) is 5.54. The highest BCUT2D eigenvalue weighted by Gasteiger charge is 2.20. The first kappa shape index (κ1) is 23.1. The number of nitrogens with one attached hydrogen (secondary N) is 1. The number of aryl methyl sites for hydroxylation is 1. The molecule has 1 aliphatic rings. The first-order chi connectivity index (χ1) is 15.0. The van der Waals surface area contributed by atoms with E-state index >= 15 is 0 Å². The van der Waals surface area contributed by atoms with Crippen LogP contribution in [-0.2, 0) is 28.8 Å². The molecule has 3 rings (SSSR count). The average molecular weight is 430 g/mol. The molecule has 0 radical (unpaired) electrons. The number of aromatic hydroxyl groups is 1. The van der Waals surface area contributed by atoms with Crippen LogP contribution in [0.4, 0.5) is 0 Å². The molecule has 2 aromatic rings. The molecular formula is C24H31NO6. The van der Waals surface area contributed by atoms with Crippen LogP contribution in [0.1, 0.15) is 41.7 Å². The number of esters is 1. The minimum absolute atomic E-state index is 0.0572. The Hall–Kier alpha value is -2.61. The largest absolute Gasteiger partial charge is 0.508 e. The first-order valence-electron chi connectivity index (χ1n) is 10.7. The van der Waals surface area contributed by atoms with E-state index in [1.165, 1.54) is 11.1 Å². The number of ether oxygens (including phenoxy) is 2. The number of fused-ring (bicyclic) bond motifs is 1. The molecule has 2 atom stereocenters. The molecule has 0 amide bonds. The van der Waals surface area contributed by atoms with E-state index in [0.29, 0.717) is 36.4 Å². The number of carbonyl (C=O) groups excluding carboxylic acids is 1. The van der Waals surface area contributed by atoms with Gasteiger partial charge in [-0.2, -0.15) is 0 Å². The predicted molar refractivity (Wildman–Crippen MR) is 116 cm³/mol. The number of rotatable bonds is 10. The van der Waals surface area contributed by atoms with Crippen LogP contribution in [-0.4, -0.2) is 53.7 Å². The third-order valence-electron chi connectivity index (χ3n) is 5.54. The van der Waals surface area contributed by atoms with Crippen LogP contribution in [0.25, 0.3) is 0 Å². The van der Waals surface area contributed by atoms with Gasteiger partial charge in [-0.3, -0.25) is 0 Å². The van der Waals surface area contributed by atoms with Gasteiger partial charge in [0.2, 0.25) is 0 Å². The number of benzene rings is 2. The topological polar surface area (TPSA) is 108 Å². The van der Waals surface area contributed by atoms with Gasteiger partial charge >= 0.3 is 5.97 Å². The van der Waals surface area contributed by atoms with Gasteiger partial charge < -0.3 is 30.1 Å². The zero-order chi connectivity index (χ0) is 22.2. The number of phenolic OH excluding ortho intramolecular Hbond substituents is 1. The molecule has 0 aromatic heterocycles. The highest BCUT2D eigenvalue weighted by molar-refractivity contribution is 5.71. The summed E-state index contributed by atoms with van der Waals surface area (Å²) in [5.41, 5.74) is 3.78. The smallest absolute Gasteiger partial charge is 0.344 e. The van der Waals surface area contributed by atoms with Crippen molar-refractivity contribution in [3.05, 3.63) is 58.7 Å². The number of aliphatic hydroxyl groups is 2. The molecule has 0 spiro atoms. The fourth-order valence-electron chi connectivity index (χ4n) is 3.87.